The molecule has 0 aromatic carbocycles. The second-order valence-electron chi connectivity index (χ2n) is 4.69. The molecule has 1 aromatic rings. The van der Waals surface area contributed by atoms with Crippen LogP contribution in [0.5, 0.6) is 0 Å². The van der Waals surface area contributed by atoms with Crippen LogP contribution in [0.1, 0.15) is 18.9 Å². The third kappa shape index (κ3) is 2.44. The lowest BCUT2D eigenvalue weighted by Crippen LogP contribution is -2.37. The van der Waals surface area contributed by atoms with E-state index >= 15 is 0 Å². The maximum atomic E-state index is 11.7. The van der Waals surface area contributed by atoms with Gasteiger partial charge in [-0.05, 0) is 24.6 Å². The first-order valence-corrected chi connectivity index (χ1v) is 6.22. The zero-order valence-electron chi connectivity index (χ0n) is 10.6. The van der Waals surface area contributed by atoms with Crippen molar-refractivity contribution < 1.29 is 19.8 Å². The third-order valence-corrected chi connectivity index (χ3v) is 3.47. The summed E-state index contributed by atoms with van der Waals surface area (Å²) in [6.07, 6.45) is 4.27. The maximum Gasteiger partial charge on any atom is 0.331 e. The summed E-state index contributed by atoms with van der Waals surface area (Å²) in [5, 5.41) is 19.0. The van der Waals surface area contributed by atoms with Crippen LogP contribution in [0.25, 0.3) is 0 Å². The van der Waals surface area contributed by atoms with Gasteiger partial charge in [-0.1, -0.05) is 29.3 Å². The topological polar surface area (TPSA) is 87.5 Å². The zero-order chi connectivity index (χ0) is 14.9. The van der Waals surface area contributed by atoms with Crippen molar-refractivity contribution in [3.8, 4) is 0 Å². The number of allylic oxidation sites excluding steroid dienone is 2. The van der Waals surface area contributed by atoms with E-state index < -0.39 is 17.4 Å². The lowest BCUT2D eigenvalue weighted by atomic mass is 9.72. The fourth-order valence-corrected chi connectivity index (χ4v) is 2.44. The Morgan fingerprint density at radius 3 is 2.55 bits per heavy atom. The first kappa shape index (κ1) is 14.3. The molecule has 0 fully saturated rings. The minimum atomic E-state index is -1.43. The van der Waals surface area contributed by atoms with Crippen molar-refractivity contribution in [3.05, 3.63) is 52.3 Å². The van der Waals surface area contributed by atoms with E-state index in [0.29, 0.717) is 11.1 Å². The first-order chi connectivity index (χ1) is 9.35. The van der Waals surface area contributed by atoms with E-state index in [2.05, 4.69) is 4.98 Å². The largest absolute Gasteiger partial charge is 0.480 e. The summed E-state index contributed by atoms with van der Waals surface area (Å²) in [5.74, 6) is -2.24. The number of hydrogen-bond donors (Lipinski definition) is 2. The molecule has 1 aliphatic rings. The van der Waals surface area contributed by atoms with Crippen molar-refractivity contribution in [1.82, 2.24) is 4.98 Å². The minimum absolute atomic E-state index is 0.0577. The van der Waals surface area contributed by atoms with Crippen LogP contribution in [0.3, 0.4) is 0 Å². The van der Waals surface area contributed by atoms with Gasteiger partial charge < -0.3 is 10.2 Å². The zero-order valence-corrected chi connectivity index (χ0v) is 11.4. The Morgan fingerprint density at radius 1 is 1.35 bits per heavy atom. The van der Waals surface area contributed by atoms with Gasteiger partial charge >= 0.3 is 11.9 Å². The second-order valence-corrected chi connectivity index (χ2v) is 5.07. The molecule has 1 atom stereocenters. The van der Waals surface area contributed by atoms with Crippen LogP contribution < -0.4 is 0 Å². The van der Waals surface area contributed by atoms with E-state index in [0.717, 1.165) is 0 Å². The summed E-state index contributed by atoms with van der Waals surface area (Å²) in [4.78, 5) is 26.8. The molecule has 6 heteroatoms. The SMILES string of the molecule is CC1=CC(C(=O)O)(c2ccc(Cl)nc2)CC(C(=O)O)=C1. The Morgan fingerprint density at radius 2 is 2.05 bits per heavy atom. The van der Waals surface area contributed by atoms with Crippen molar-refractivity contribution in [2.45, 2.75) is 18.8 Å². The van der Waals surface area contributed by atoms with E-state index in [4.69, 9.17) is 16.7 Å². The molecule has 104 valence electrons. The first-order valence-electron chi connectivity index (χ1n) is 5.84. The number of nitrogens with zero attached hydrogens (tertiary/aromatic N) is 1. The van der Waals surface area contributed by atoms with Gasteiger partial charge in [-0.15, -0.1) is 0 Å². The van der Waals surface area contributed by atoms with Crippen LogP contribution in [0.2, 0.25) is 5.15 Å². The smallest absolute Gasteiger partial charge is 0.331 e. The van der Waals surface area contributed by atoms with Crippen LogP contribution >= 0.6 is 11.6 Å². The molecule has 1 aromatic heterocycles. The van der Waals surface area contributed by atoms with Crippen LogP contribution in [0.15, 0.2) is 41.6 Å². The molecule has 1 unspecified atom stereocenters. The second kappa shape index (κ2) is 5.09. The molecule has 1 aliphatic carbocycles. The molecule has 2 rings (SSSR count). The number of carbonyl (C=O) groups is 2. The summed E-state index contributed by atoms with van der Waals surface area (Å²) in [7, 11) is 0. The highest BCUT2D eigenvalue weighted by atomic mass is 35.5. The van der Waals surface area contributed by atoms with Crippen LogP contribution in [-0.4, -0.2) is 27.1 Å². The molecule has 0 bridgehead atoms. The third-order valence-electron chi connectivity index (χ3n) is 3.24. The molecule has 2 N–H and O–H groups in total. The van der Waals surface area contributed by atoms with E-state index in [1.54, 1.807) is 19.1 Å². The van der Waals surface area contributed by atoms with E-state index in [1.165, 1.54) is 18.3 Å². The molecule has 0 spiro atoms. The number of rotatable bonds is 3. The number of pyridine rings is 1. The molecule has 0 aliphatic heterocycles. The molecule has 0 amide bonds. The number of carboxylic acids is 2. The van der Waals surface area contributed by atoms with Crippen molar-refractivity contribution in [1.29, 1.82) is 0 Å². The summed E-state index contributed by atoms with van der Waals surface area (Å²) < 4.78 is 0. The van der Waals surface area contributed by atoms with Gasteiger partial charge in [0.05, 0.1) is 0 Å². The standard InChI is InChI=1S/C14H12ClNO4/c1-8-4-9(12(17)18)6-14(5-8,13(19)20)10-2-3-11(15)16-7-10/h2-5,7H,6H2,1H3,(H,17,18)(H,19,20). The maximum absolute atomic E-state index is 11.7. The van der Waals surface area contributed by atoms with Gasteiger partial charge in [0, 0.05) is 18.2 Å². The van der Waals surface area contributed by atoms with Gasteiger partial charge in [-0.2, -0.15) is 0 Å². The molecule has 0 saturated carbocycles. The molecule has 5 nitrogen and oxygen atoms in total. The molecule has 0 radical (unpaired) electrons. The highest BCUT2D eigenvalue weighted by molar-refractivity contribution is 6.29. The average Bonchev–Trinajstić information content (AvgIpc) is 2.38. The number of halogens is 1. The van der Waals surface area contributed by atoms with Gasteiger partial charge in [0.2, 0.25) is 0 Å². The van der Waals surface area contributed by atoms with E-state index in [1.807, 2.05) is 0 Å². The monoisotopic (exact) mass is 293 g/mol. The van der Waals surface area contributed by atoms with Crippen LogP contribution in [0, 0.1) is 0 Å². The van der Waals surface area contributed by atoms with Crippen LogP contribution in [-0.2, 0) is 15.0 Å². The highest BCUT2D eigenvalue weighted by Crippen LogP contribution is 2.38. The van der Waals surface area contributed by atoms with Crippen molar-refractivity contribution in [2.24, 2.45) is 0 Å². The van der Waals surface area contributed by atoms with E-state index in [-0.39, 0.29) is 17.1 Å². The Kier molecular flexibility index (Phi) is 3.63. The fourth-order valence-electron chi connectivity index (χ4n) is 2.33. The van der Waals surface area contributed by atoms with Crippen molar-refractivity contribution in [3.63, 3.8) is 0 Å². The van der Waals surface area contributed by atoms with Gasteiger partial charge in [0.15, 0.2) is 0 Å². The predicted molar refractivity (Wildman–Crippen MR) is 72.7 cm³/mol. The summed E-state index contributed by atoms with van der Waals surface area (Å²) in [5.41, 5.74) is -0.376. The summed E-state index contributed by atoms with van der Waals surface area (Å²) in [6.45, 7) is 1.67. The highest BCUT2D eigenvalue weighted by Gasteiger charge is 2.42. The summed E-state index contributed by atoms with van der Waals surface area (Å²) in [6, 6.07) is 3.04. The van der Waals surface area contributed by atoms with Gasteiger partial charge in [0.1, 0.15) is 10.6 Å². The molecule has 0 saturated heterocycles. The van der Waals surface area contributed by atoms with Crippen molar-refractivity contribution in [2.75, 3.05) is 0 Å². The van der Waals surface area contributed by atoms with E-state index in [9.17, 15) is 14.7 Å². The molecule has 20 heavy (non-hydrogen) atoms. The summed E-state index contributed by atoms with van der Waals surface area (Å²) >= 11 is 5.70. The predicted octanol–water partition coefficient (Wildman–Crippen LogP) is 2.42. The minimum Gasteiger partial charge on any atom is -0.480 e. The molecular formula is C14H12ClNO4. The van der Waals surface area contributed by atoms with Gasteiger partial charge in [-0.3, -0.25) is 4.79 Å². The average molecular weight is 294 g/mol. The number of aromatic nitrogens is 1. The Bertz CT molecular complexity index is 633. The van der Waals surface area contributed by atoms with Gasteiger partial charge in [0.25, 0.3) is 0 Å². The molecular weight excluding hydrogens is 282 g/mol. The van der Waals surface area contributed by atoms with Crippen molar-refractivity contribution >= 4 is 23.5 Å². The molecule has 1 heterocycles. The number of aliphatic carboxylic acids is 2. The lowest BCUT2D eigenvalue weighted by Gasteiger charge is -2.30. The Balaban J connectivity index is 2.58. The Labute approximate surface area is 120 Å². The van der Waals surface area contributed by atoms with Gasteiger partial charge in [-0.25, -0.2) is 9.78 Å². The normalized spacial score (nSPS) is 21.9. The lowest BCUT2D eigenvalue weighted by molar-refractivity contribution is -0.142. The Hall–Kier alpha value is -2.14. The number of hydrogen-bond acceptors (Lipinski definition) is 3. The fraction of sp³-hybridized carbons (Fsp3) is 0.214. The van der Waals surface area contributed by atoms with Crippen LogP contribution in [0.4, 0.5) is 0 Å². The number of carboxylic acid groups (broad SMARTS) is 2. The quantitative estimate of drug-likeness (QED) is 0.836.